The standard InChI is InChI=1S/C16H26F8O4S/c1-2-3-4-5-6-7-8-9-10-11-12-13(17,18)14(19,20)26-15(21,22)16(23,24)29-28-27-25/h25H,2-12H2,1H3. The molecule has 0 radical (unpaired) electrons. The van der Waals surface area contributed by atoms with Gasteiger partial charge in [0, 0.05) is 6.42 Å². The van der Waals surface area contributed by atoms with Crippen LogP contribution in [0.2, 0.25) is 0 Å². The highest BCUT2D eigenvalue weighted by molar-refractivity contribution is 7.95. The minimum Gasteiger partial charge on any atom is -0.245 e. The third kappa shape index (κ3) is 10.5. The topological polar surface area (TPSA) is 47.9 Å². The maximum Gasteiger partial charge on any atom is 0.436 e. The summed E-state index contributed by atoms with van der Waals surface area (Å²) in [5.74, 6) is -5.09. The second-order valence-corrected chi connectivity index (χ2v) is 7.33. The lowest BCUT2D eigenvalue weighted by Gasteiger charge is -2.31. The molecule has 0 saturated heterocycles. The van der Waals surface area contributed by atoms with Crippen LogP contribution in [0.3, 0.4) is 0 Å². The zero-order chi connectivity index (χ0) is 22.6. The van der Waals surface area contributed by atoms with Gasteiger partial charge < -0.3 is 0 Å². The van der Waals surface area contributed by atoms with Gasteiger partial charge in [-0.25, -0.2) is 9.99 Å². The lowest BCUT2D eigenvalue weighted by atomic mass is 10.0. The van der Waals surface area contributed by atoms with Crippen molar-refractivity contribution in [3.8, 4) is 0 Å². The average molecular weight is 466 g/mol. The molecule has 4 nitrogen and oxygen atoms in total. The van der Waals surface area contributed by atoms with Gasteiger partial charge in [0.05, 0.1) is 0 Å². The molecular weight excluding hydrogens is 440 g/mol. The van der Waals surface area contributed by atoms with Gasteiger partial charge >= 0.3 is 23.4 Å². The number of hydrogen-bond acceptors (Lipinski definition) is 5. The van der Waals surface area contributed by atoms with Gasteiger partial charge in [-0.15, -0.1) is 4.33 Å². The predicted octanol–water partition coefficient (Wildman–Crippen LogP) is 7.80. The highest BCUT2D eigenvalue weighted by atomic mass is 32.2. The third-order valence-electron chi connectivity index (χ3n) is 4.03. The van der Waals surface area contributed by atoms with Crippen LogP contribution in [0.5, 0.6) is 0 Å². The summed E-state index contributed by atoms with van der Waals surface area (Å²) in [6.45, 7) is 2.08. The van der Waals surface area contributed by atoms with E-state index in [0.717, 1.165) is 44.9 Å². The number of hydrogen-bond donors (Lipinski definition) is 1. The van der Waals surface area contributed by atoms with Crippen LogP contribution in [0.1, 0.15) is 77.6 Å². The monoisotopic (exact) mass is 466 g/mol. The summed E-state index contributed by atoms with van der Waals surface area (Å²) < 4.78 is 112. The van der Waals surface area contributed by atoms with Gasteiger partial charge in [-0.05, 0) is 6.42 Å². The lowest BCUT2D eigenvalue weighted by Crippen LogP contribution is -2.52. The van der Waals surface area contributed by atoms with E-state index in [9.17, 15) is 35.1 Å². The van der Waals surface area contributed by atoms with Crippen LogP contribution in [0.4, 0.5) is 35.1 Å². The smallest absolute Gasteiger partial charge is 0.245 e. The van der Waals surface area contributed by atoms with E-state index in [1.165, 1.54) is 0 Å². The van der Waals surface area contributed by atoms with Crippen molar-refractivity contribution < 1.29 is 54.5 Å². The molecule has 0 spiro atoms. The largest absolute Gasteiger partial charge is 0.436 e. The summed E-state index contributed by atoms with van der Waals surface area (Å²) in [7, 11) is 0. The number of rotatable bonds is 18. The Labute approximate surface area is 168 Å². The molecule has 176 valence electrons. The normalized spacial score (nSPS) is 13.9. The Bertz CT molecular complexity index is 441. The van der Waals surface area contributed by atoms with Crippen LogP contribution in [0, 0.1) is 0 Å². The first kappa shape index (κ1) is 28.6. The summed E-state index contributed by atoms with van der Waals surface area (Å²) >= 11 is -1.59. The van der Waals surface area contributed by atoms with Crippen molar-refractivity contribution in [3.63, 3.8) is 0 Å². The molecule has 0 bridgehead atoms. The molecule has 0 unspecified atom stereocenters. The summed E-state index contributed by atoms with van der Waals surface area (Å²) in [5, 5.41) is 4.75. The van der Waals surface area contributed by atoms with Crippen LogP contribution in [0.25, 0.3) is 0 Å². The van der Waals surface area contributed by atoms with Gasteiger partial charge in [-0.2, -0.15) is 35.1 Å². The Kier molecular flexibility index (Phi) is 13.0. The Morgan fingerprint density at radius 2 is 1.14 bits per heavy atom. The van der Waals surface area contributed by atoms with E-state index in [2.05, 4.69) is 21.0 Å². The van der Waals surface area contributed by atoms with Crippen molar-refractivity contribution in [2.75, 3.05) is 0 Å². The lowest BCUT2D eigenvalue weighted by molar-refractivity contribution is -0.461. The average Bonchev–Trinajstić information content (AvgIpc) is 2.60. The highest BCUT2D eigenvalue weighted by Gasteiger charge is 2.69. The molecule has 0 heterocycles. The first-order valence-electron chi connectivity index (χ1n) is 9.20. The second-order valence-electron chi connectivity index (χ2n) is 6.51. The first-order valence-corrected chi connectivity index (χ1v) is 9.94. The number of halogens is 8. The molecule has 0 aliphatic carbocycles. The quantitative estimate of drug-likeness (QED) is 0.0734. The van der Waals surface area contributed by atoms with E-state index < -0.39 is 48.3 Å². The van der Waals surface area contributed by atoms with Gasteiger partial charge in [-0.1, -0.05) is 69.7 Å². The molecule has 0 aromatic carbocycles. The molecule has 0 rings (SSSR count). The van der Waals surface area contributed by atoms with Gasteiger partial charge in [0.25, 0.3) is 0 Å². The number of ether oxygens (including phenoxy) is 1. The van der Waals surface area contributed by atoms with Gasteiger partial charge in [0.15, 0.2) is 0 Å². The second kappa shape index (κ2) is 13.1. The minimum absolute atomic E-state index is 0.157. The van der Waals surface area contributed by atoms with Crippen molar-refractivity contribution in [1.29, 1.82) is 0 Å². The van der Waals surface area contributed by atoms with E-state index >= 15 is 0 Å². The number of alkyl halides is 8. The van der Waals surface area contributed by atoms with Crippen molar-refractivity contribution in [3.05, 3.63) is 0 Å². The fourth-order valence-corrected chi connectivity index (χ4v) is 2.64. The third-order valence-corrected chi connectivity index (χ3v) is 4.61. The summed E-state index contributed by atoms with van der Waals surface area (Å²) in [6.07, 6.45) is -6.19. The SMILES string of the molecule is CCCCCCCCCCCCC(F)(F)C(F)(F)OC(F)(F)C(F)(F)SOOO. The zero-order valence-corrected chi connectivity index (χ0v) is 16.7. The molecule has 0 saturated carbocycles. The van der Waals surface area contributed by atoms with Crippen molar-refractivity contribution in [1.82, 2.24) is 0 Å². The minimum atomic E-state index is -6.04. The summed E-state index contributed by atoms with van der Waals surface area (Å²) in [6, 6.07) is 0. The maximum absolute atomic E-state index is 13.6. The summed E-state index contributed by atoms with van der Waals surface area (Å²) in [5.41, 5.74) is 0. The Morgan fingerprint density at radius 3 is 1.59 bits per heavy atom. The molecule has 0 aromatic heterocycles. The van der Waals surface area contributed by atoms with Gasteiger partial charge in [-0.3, -0.25) is 0 Å². The number of unbranched alkanes of at least 4 members (excludes halogenated alkanes) is 9. The maximum atomic E-state index is 13.6. The van der Waals surface area contributed by atoms with E-state index in [1.807, 2.05) is 0 Å². The molecule has 0 aliphatic heterocycles. The van der Waals surface area contributed by atoms with Gasteiger partial charge in [0.1, 0.15) is 12.0 Å². The highest BCUT2D eigenvalue weighted by Crippen LogP contribution is 2.50. The van der Waals surface area contributed by atoms with Crippen LogP contribution in [-0.4, -0.2) is 28.7 Å². The molecule has 13 heteroatoms. The van der Waals surface area contributed by atoms with E-state index in [0.29, 0.717) is 6.42 Å². The predicted molar refractivity (Wildman–Crippen MR) is 89.7 cm³/mol. The molecule has 0 aromatic rings. The Morgan fingerprint density at radius 1 is 0.690 bits per heavy atom. The summed E-state index contributed by atoms with van der Waals surface area (Å²) in [4.78, 5) is 0. The Hall–Kier alpha value is -0.370. The molecule has 0 atom stereocenters. The van der Waals surface area contributed by atoms with Crippen molar-refractivity contribution in [2.45, 2.75) is 101 Å². The van der Waals surface area contributed by atoms with E-state index in [-0.39, 0.29) is 6.42 Å². The molecule has 0 amide bonds. The van der Waals surface area contributed by atoms with Gasteiger partial charge in [0.2, 0.25) is 0 Å². The molecule has 1 N–H and O–H groups in total. The molecule has 29 heavy (non-hydrogen) atoms. The fraction of sp³-hybridized carbons (Fsp3) is 1.00. The fourth-order valence-electron chi connectivity index (χ4n) is 2.38. The zero-order valence-electron chi connectivity index (χ0n) is 15.9. The first-order chi connectivity index (χ1) is 13.3. The molecule has 0 fully saturated rings. The van der Waals surface area contributed by atoms with Crippen molar-refractivity contribution >= 4 is 12.0 Å². The van der Waals surface area contributed by atoms with Crippen LogP contribution < -0.4 is 0 Å². The van der Waals surface area contributed by atoms with Crippen LogP contribution in [0.15, 0.2) is 0 Å². The van der Waals surface area contributed by atoms with Crippen molar-refractivity contribution in [2.24, 2.45) is 0 Å². The van der Waals surface area contributed by atoms with Crippen LogP contribution in [-0.2, 0) is 14.1 Å². The van der Waals surface area contributed by atoms with E-state index in [4.69, 9.17) is 5.26 Å². The molecular formula is C16H26F8O4S. The molecule has 0 aliphatic rings. The van der Waals surface area contributed by atoms with E-state index in [1.54, 1.807) is 0 Å². The Balaban J connectivity index is 4.38. The van der Waals surface area contributed by atoms with Crippen LogP contribution >= 0.6 is 12.0 Å².